The van der Waals surface area contributed by atoms with Crippen LogP contribution in [0.4, 0.5) is 0 Å². The van der Waals surface area contributed by atoms with Crippen LogP contribution in [-0.4, -0.2) is 22.3 Å². The fraction of sp³-hybridized carbons (Fsp3) is 0.409. The lowest BCUT2D eigenvalue weighted by Crippen LogP contribution is -2.32. The summed E-state index contributed by atoms with van der Waals surface area (Å²) < 4.78 is 1.91. The Hall–Kier alpha value is -2.67. The highest BCUT2D eigenvalue weighted by molar-refractivity contribution is 6.09. The molecule has 0 radical (unpaired) electrons. The topological polar surface area (TPSA) is 47.2 Å². The molecule has 1 atom stereocenters. The van der Waals surface area contributed by atoms with Crippen LogP contribution in [0.3, 0.4) is 0 Å². The minimum Gasteiger partial charge on any atom is -0.293 e. The molecule has 4 nitrogen and oxygen atoms in total. The highest BCUT2D eigenvalue weighted by Gasteiger charge is 2.21. The Bertz CT molecular complexity index is 986. The van der Waals surface area contributed by atoms with Gasteiger partial charge in [0.1, 0.15) is 11.5 Å². The van der Waals surface area contributed by atoms with Gasteiger partial charge in [-0.05, 0) is 55.9 Å². The SMILES string of the molecule is CC/C=C\C(C#Cc1ccc2c(=O)n3c(nc2c1)CCCC3CC)=NC. The Kier molecular flexibility index (Phi) is 5.68. The molecule has 0 saturated carbocycles. The van der Waals surface area contributed by atoms with Crippen LogP contribution in [0.15, 0.2) is 40.1 Å². The minimum atomic E-state index is 0.0812. The summed E-state index contributed by atoms with van der Waals surface area (Å²) in [5.74, 6) is 7.13. The second-order valence-corrected chi connectivity index (χ2v) is 6.56. The summed E-state index contributed by atoms with van der Waals surface area (Å²) in [5, 5.41) is 0.676. The average Bonchev–Trinajstić information content (AvgIpc) is 2.67. The molecule has 0 spiro atoms. The van der Waals surface area contributed by atoms with Crippen molar-refractivity contribution in [2.24, 2.45) is 4.99 Å². The summed E-state index contributed by atoms with van der Waals surface area (Å²) in [6.07, 6.45) is 8.91. The minimum absolute atomic E-state index is 0.0812. The highest BCUT2D eigenvalue weighted by atomic mass is 16.1. The van der Waals surface area contributed by atoms with E-state index in [9.17, 15) is 4.79 Å². The number of allylic oxidation sites excluding steroid dienone is 2. The van der Waals surface area contributed by atoms with Gasteiger partial charge in [0.05, 0.1) is 10.9 Å². The first kappa shape index (κ1) is 18.1. The average molecular weight is 347 g/mol. The van der Waals surface area contributed by atoms with Gasteiger partial charge in [0.15, 0.2) is 0 Å². The zero-order valence-corrected chi connectivity index (χ0v) is 15.7. The molecule has 134 valence electrons. The lowest BCUT2D eigenvalue weighted by Gasteiger charge is -2.26. The van der Waals surface area contributed by atoms with E-state index in [0.29, 0.717) is 5.39 Å². The smallest absolute Gasteiger partial charge is 0.261 e. The maximum atomic E-state index is 12.9. The molecule has 0 N–H and O–H groups in total. The number of hydrogen-bond donors (Lipinski definition) is 0. The van der Waals surface area contributed by atoms with Crippen LogP contribution in [-0.2, 0) is 6.42 Å². The second-order valence-electron chi connectivity index (χ2n) is 6.56. The summed E-state index contributed by atoms with van der Waals surface area (Å²) in [6.45, 7) is 4.21. The van der Waals surface area contributed by atoms with Gasteiger partial charge in [-0.15, -0.1) is 0 Å². The number of nitrogens with zero attached hydrogens (tertiary/aromatic N) is 3. The lowest BCUT2D eigenvalue weighted by molar-refractivity contribution is 0.372. The highest BCUT2D eigenvalue weighted by Crippen LogP contribution is 2.25. The van der Waals surface area contributed by atoms with Gasteiger partial charge in [-0.2, -0.15) is 0 Å². The van der Waals surface area contributed by atoms with Gasteiger partial charge in [-0.1, -0.05) is 25.8 Å². The standard InChI is InChI=1S/C22H25N3O/c1-4-6-8-17(23-3)13-11-16-12-14-19-20(15-16)24-21-10-7-9-18(5-2)25(21)22(19)26/h6,8,12,14-15,18H,4-5,7,9-10H2,1-3H3/b8-6-,23-17?. The van der Waals surface area contributed by atoms with Gasteiger partial charge in [-0.3, -0.25) is 14.4 Å². The van der Waals surface area contributed by atoms with Crippen molar-refractivity contribution < 1.29 is 0 Å². The first-order chi connectivity index (χ1) is 12.7. The predicted octanol–water partition coefficient (Wildman–Crippen LogP) is 4.07. The van der Waals surface area contributed by atoms with E-state index in [1.165, 1.54) is 0 Å². The molecular formula is C22H25N3O. The molecule has 0 amide bonds. The zero-order chi connectivity index (χ0) is 18.5. The first-order valence-corrected chi connectivity index (χ1v) is 9.38. The van der Waals surface area contributed by atoms with Crippen molar-refractivity contribution in [3.8, 4) is 11.8 Å². The van der Waals surface area contributed by atoms with Gasteiger partial charge < -0.3 is 0 Å². The third kappa shape index (κ3) is 3.62. The van der Waals surface area contributed by atoms with E-state index in [-0.39, 0.29) is 11.6 Å². The summed E-state index contributed by atoms with van der Waals surface area (Å²) in [7, 11) is 1.74. The van der Waals surface area contributed by atoms with Crippen LogP contribution < -0.4 is 5.56 Å². The Labute approximate surface area is 154 Å². The number of hydrogen-bond acceptors (Lipinski definition) is 3. The van der Waals surface area contributed by atoms with Crippen molar-refractivity contribution in [3.05, 3.63) is 52.1 Å². The predicted molar refractivity (Wildman–Crippen MR) is 108 cm³/mol. The molecule has 4 heteroatoms. The van der Waals surface area contributed by atoms with E-state index >= 15 is 0 Å². The van der Waals surface area contributed by atoms with Gasteiger partial charge in [0, 0.05) is 25.1 Å². The monoisotopic (exact) mass is 347 g/mol. The molecular weight excluding hydrogens is 322 g/mol. The molecule has 2 heterocycles. The number of rotatable bonds is 3. The van der Waals surface area contributed by atoms with Crippen molar-refractivity contribution in [2.75, 3.05) is 7.05 Å². The van der Waals surface area contributed by atoms with Crippen molar-refractivity contribution in [2.45, 2.75) is 52.0 Å². The normalized spacial score (nSPS) is 17.2. The quantitative estimate of drug-likeness (QED) is 0.620. The molecule has 2 aromatic rings. The third-order valence-corrected chi connectivity index (χ3v) is 4.84. The van der Waals surface area contributed by atoms with Crippen molar-refractivity contribution in [3.63, 3.8) is 0 Å². The molecule has 3 rings (SSSR count). The molecule has 1 aliphatic heterocycles. The summed E-state index contributed by atoms with van der Waals surface area (Å²) in [6, 6.07) is 5.94. The molecule has 1 aromatic carbocycles. The number of aryl methyl sites for hydroxylation is 1. The fourth-order valence-corrected chi connectivity index (χ4v) is 3.42. The molecule has 1 aliphatic rings. The van der Waals surface area contributed by atoms with Gasteiger partial charge in [0.25, 0.3) is 5.56 Å². The Morgan fingerprint density at radius 1 is 1.42 bits per heavy atom. The number of aromatic nitrogens is 2. The Morgan fingerprint density at radius 3 is 3.00 bits per heavy atom. The van der Waals surface area contributed by atoms with Gasteiger partial charge in [-0.25, -0.2) is 4.98 Å². The Morgan fingerprint density at radius 2 is 2.27 bits per heavy atom. The van der Waals surface area contributed by atoms with E-state index in [0.717, 1.165) is 54.7 Å². The maximum Gasteiger partial charge on any atom is 0.261 e. The van der Waals surface area contributed by atoms with Gasteiger partial charge in [0.2, 0.25) is 0 Å². The van der Waals surface area contributed by atoms with Crippen molar-refractivity contribution in [1.29, 1.82) is 0 Å². The third-order valence-electron chi connectivity index (χ3n) is 4.84. The van der Waals surface area contributed by atoms with E-state index in [2.05, 4.69) is 30.7 Å². The summed E-state index contributed by atoms with van der Waals surface area (Å²) in [4.78, 5) is 21.9. The molecule has 1 unspecified atom stereocenters. The summed E-state index contributed by atoms with van der Waals surface area (Å²) in [5.41, 5.74) is 2.42. The largest absolute Gasteiger partial charge is 0.293 e. The van der Waals surface area contributed by atoms with Crippen LogP contribution in [0.5, 0.6) is 0 Å². The first-order valence-electron chi connectivity index (χ1n) is 9.38. The fourth-order valence-electron chi connectivity index (χ4n) is 3.42. The van der Waals surface area contributed by atoms with E-state index in [4.69, 9.17) is 4.98 Å². The Balaban J connectivity index is 2.03. The van der Waals surface area contributed by atoms with E-state index in [1.54, 1.807) is 7.05 Å². The number of fused-ring (bicyclic) bond motifs is 2. The van der Waals surface area contributed by atoms with Crippen LogP contribution in [0.1, 0.15) is 57.0 Å². The number of aliphatic imine (C=N–C) groups is 1. The lowest BCUT2D eigenvalue weighted by atomic mass is 10.0. The van der Waals surface area contributed by atoms with E-state index < -0.39 is 0 Å². The zero-order valence-electron chi connectivity index (χ0n) is 15.7. The van der Waals surface area contributed by atoms with Crippen LogP contribution in [0.25, 0.3) is 10.9 Å². The van der Waals surface area contributed by atoms with Crippen LogP contribution in [0.2, 0.25) is 0 Å². The molecule has 0 saturated heterocycles. The summed E-state index contributed by atoms with van der Waals surface area (Å²) >= 11 is 0. The van der Waals surface area contributed by atoms with Crippen molar-refractivity contribution >= 4 is 16.6 Å². The molecule has 1 aromatic heterocycles. The second kappa shape index (κ2) is 8.14. The van der Waals surface area contributed by atoms with Crippen molar-refractivity contribution in [1.82, 2.24) is 9.55 Å². The maximum absolute atomic E-state index is 12.9. The molecule has 0 aliphatic carbocycles. The molecule has 26 heavy (non-hydrogen) atoms. The number of benzene rings is 1. The van der Waals surface area contributed by atoms with Crippen LogP contribution >= 0.6 is 0 Å². The van der Waals surface area contributed by atoms with Gasteiger partial charge >= 0.3 is 0 Å². The van der Waals surface area contributed by atoms with Crippen LogP contribution in [0, 0.1) is 11.8 Å². The van der Waals surface area contributed by atoms with E-state index in [1.807, 2.05) is 34.9 Å². The molecule has 0 bridgehead atoms. The molecule has 0 fully saturated rings.